The first-order valence-corrected chi connectivity index (χ1v) is 7.32. The smallest absolute Gasteiger partial charge is 0.338 e. The van der Waals surface area contributed by atoms with Crippen molar-refractivity contribution in [3.8, 4) is 16.9 Å². The number of ether oxygens (including phenoxy) is 2. The summed E-state index contributed by atoms with van der Waals surface area (Å²) in [5.41, 5.74) is 7.41. The Morgan fingerprint density at radius 2 is 1.86 bits per heavy atom. The third kappa shape index (κ3) is 3.91. The maximum Gasteiger partial charge on any atom is 0.338 e. The first kappa shape index (κ1) is 16.6. The maximum absolute atomic E-state index is 11.8. The number of esters is 1. The lowest BCUT2D eigenvalue weighted by Crippen LogP contribution is -2.11. The quantitative estimate of drug-likeness (QED) is 0.842. The summed E-state index contributed by atoms with van der Waals surface area (Å²) in [6.45, 7) is 0.732. The van der Waals surface area contributed by atoms with Crippen molar-refractivity contribution in [1.29, 1.82) is 0 Å². The van der Waals surface area contributed by atoms with Crippen LogP contribution < -0.4 is 10.5 Å². The highest BCUT2D eigenvalue weighted by Gasteiger charge is 2.11. The number of rotatable bonds is 5. The molecule has 6 heteroatoms. The molecule has 0 saturated heterocycles. The van der Waals surface area contributed by atoms with Crippen molar-refractivity contribution < 1.29 is 14.3 Å². The number of carbonyl (C=O) groups excluding carboxylic acids is 1. The van der Waals surface area contributed by atoms with Gasteiger partial charge in [0.2, 0.25) is 0 Å². The van der Waals surface area contributed by atoms with Crippen LogP contribution in [0.5, 0.6) is 5.75 Å². The number of benzene rings is 2. The summed E-state index contributed by atoms with van der Waals surface area (Å²) in [5, 5.41) is 0.904. The topological polar surface area (TPSA) is 61.5 Å². The molecule has 2 N–H and O–H groups in total. The molecule has 0 bridgehead atoms. The molecule has 0 unspecified atom stereocenters. The van der Waals surface area contributed by atoms with Crippen LogP contribution in [0.3, 0.4) is 0 Å². The molecule has 0 spiro atoms. The van der Waals surface area contributed by atoms with Crippen molar-refractivity contribution in [1.82, 2.24) is 0 Å². The average Bonchev–Trinajstić information content (AvgIpc) is 2.54. The van der Waals surface area contributed by atoms with Crippen LogP contribution >= 0.6 is 23.2 Å². The fourth-order valence-corrected chi connectivity index (χ4v) is 2.24. The predicted molar refractivity (Wildman–Crippen MR) is 87.8 cm³/mol. The molecule has 0 aliphatic carbocycles. The van der Waals surface area contributed by atoms with E-state index in [2.05, 4.69) is 0 Å². The molecule has 116 valence electrons. The summed E-state index contributed by atoms with van der Waals surface area (Å²) in [6.07, 6.45) is 0. The average molecular weight is 340 g/mol. The van der Waals surface area contributed by atoms with Crippen LogP contribution in [0.4, 0.5) is 0 Å². The summed E-state index contributed by atoms with van der Waals surface area (Å²) in [5.74, 6) is 0.0916. The monoisotopic (exact) mass is 339 g/mol. The van der Waals surface area contributed by atoms with Gasteiger partial charge in [0.15, 0.2) is 0 Å². The number of hydrogen-bond acceptors (Lipinski definition) is 4. The van der Waals surface area contributed by atoms with E-state index in [1.807, 2.05) is 12.1 Å². The standard InChI is InChI=1S/C16H15Cl2NO3/c1-21-16(20)12-6-11(7-13(8-12)22-5-4-19)10-2-3-14(17)15(18)9-10/h2-3,6-9H,4-5,19H2,1H3. The van der Waals surface area contributed by atoms with E-state index in [9.17, 15) is 4.79 Å². The summed E-state index contributed by atoms with van der Waals surface area (Å²) in [7, 11) is 1.33. The normalized spacial score (nSPS) is 10.4. The number of nitrogens with two attached hydrogens (primary N) is 1. The van der Waals surface area contributed by atoms with E-state index in [0.29, 0.717) is 34.5 Å². The highest BCUT2D eigenvalue weighted by Crippen LogP contribution is 2.31. The van der Waals surface area contributed by atoms with Crippen LogP contribution in [0.25, 0.3) is 11.1 Å². The minimum Gasteiger partial charge on any atom is -0.492 e. The third-order valence-electron chi connectivity index (χ3n) is 2.97. The van der Waals surface area contributed by atoms with Gasteiger partial charge in [-0.2, -0.15) is 0 Å². The first-order chi connectivity index (χ1) is 10.5. The maximum atomic E-state index is 11.8. The largest absolute Gasteiger partial charge is 0.492 e. The van der Waals surface area contributed by atoms with Gasteiger partial charge in [0, 0.05) is 6.54 Å². The highest BCUT2D eigenvalue weighted by molar-refractivity contribution is 6.42. The Bertz CT molecular complexity index is 689. The number of halogens is 2. The molecule has 0 heterocycles. The fourth-order valence-electron chi connectivity index (χ4n) is 1.94. The van der Waals surface area contributed by atoms with Crippen LogP contribution in [0.1, 0.15) is 10.4 Å². The van der Waals surface area contributed by atoms with E-state index in [-0.39, 0.29) is 0 Å². The van der Waals surface area contributed by atoms with Gasteiger partial charge in [-0.1, -0.05) is 29.3 Å². The lowest BCUT2D eigenvalue weighted by atomic mass is 10.0. The van der Waals surface area contributed by atoms with Gasteiger partial charge in [-0.05, 0) is 41.5 Å². The molecule has 0 aromatic heterocycles. The molecule has 0 aliphatic rings. The minimum absolute atomic E-state index is 0.353. The van der Waals surface area contributed by atoms with E-state index in [0.717, 1.165) is 11.1 Å². The number of methoxy groups -OCH3 is 1. The molecule has 0 aliphatic heterocycles. The fraction of sp³-hybridized carbons (Fsp3) is 0.188. The van der Waals surface area contributed by atoms with Crippen molar-refractivity contribution in [3.63, 3.8) is 0 Å². The zero-order valence-electron chi connectivity index (χ0n) is 11.9. The number of carbonyl (C=O) groups is 1. The molecule has 2 rings (SSSR count). The lowest BCUT2D eigenvalue weighted by Gasteiger charge is -2.11. The van der Waals surface area contributed by atoms with Gasteiger partial charge in [-0.25, -0.2) is 4.79 Å². The zero-order valence-corrected chi connectivity index (χ0v) is 13.4. The van der Waals surface area contributed by atoms with Gasteiger partial charge in [0.25, 0.3) is 0 Å². The first-order valence-electron chi connectivity index (χ1n) is 6.57. The summed E-state index contributed by atoms with van der Waals surface area (Å²) < 4.78 is 10.3. The highest BCUT2D eigenvalue weighted by atomic mass is 35.5. The Hall–Kier alpha value is -1.75. The number of hydrogen-bond donors (Lipinski definition) is 1. The second-order valence-electron chi connectivity index (χ2n) is 4.50. The van der Waals surface area contributed by atoms with Gasteiger partial charge in [-0.15, -0.1) is 0 Å². The van der Waals surface area contributed by atoms with Crippen LogP contribution in [0.15, 0.2) is 36.4 Å². The van der Waals surface area contributed by atoms with E-state index in [1.54, 1.807) is 24.3 Å². The molecule has 0 amide bonds. The molecule has 0 radical (unpaired) electrons. The van der Waals surface area contributed by atoms with Crippen LogP contribution in [0.2, 0.25) is 10.0 Å². The minimum atomic E-state index is -0.445. The Labute approximate surface area is 138 Å². The van der Waals surface area contributed by atoms with Crippen LogP contribution in [-0.2, 0) is 4.74 Å². The second-order valence-corrected chi connectivity index (χ2v) is 5.32. The Balaban J connectivity index is 2.48. The van der Waals surface area contributed by atoms with Crippen molar-refractivity contribution >= 4 is 29.2 Å². The molecule has 4 nitrogen and oxygen atoms in total. The molecular weight excluding hydrogens is 325 g/mol. The molecular formula is C16H15Cl2NO3. The van der Waals surface area contributed by atoms with E-state index in [1.165, 1.54) is 7.11 Å². The van der Waals surface area contributed by atoms with Crippen molar-refractivity contribution in [2.75, 3.05) is 20.3 Å². The molecule has 0 saturated carbocycles. The Morgan fingerprint density at radius 3 is 2.50 bits per heavy atom. The summed E-state index contributed by atoms with van der Waals surface area (Å²) in [4.78, 5) is 11.8. The van der Waals surface area contributed by atoms with Crippen molar-refractivity contribution in [2.45, 2.75) is 0 Å². The lowest BCUT2D eigenvalue weighted by molar-refractivity contribution is 0.0600. The third-order valence-corrected chi connectivity index (χ3v) is 3.71. The summed E-state index contributed by atoms with van der Waals surface area (Å²) >= 11 is 12.0. The van der Waals surface area contributed by atoms with E-state index >= 15 is 0 Å². The van der Waals surface area contributed by atoms with Crippen LogP contribution in [-0.4, -0.2) is 26.2 Å². The van der Waals surface area contributed by atoms with Gasteiger partial charge in [0.1, 0.15) is 12.4 Å². The molecule has 0 atom stereocenters. The van der Waals surface area contributed by atoms with Gasteiger partial charge in [0.05, 0.1) is 22.7 Å². The summed E-state index contributed by atoms with van der Waals surface area (Å²) in [6, 6.07) is 10.4. The molecule has 2 aromatic rings. The van der Waals surface area contributed by atoms with Gasteiger partial charge < -0.3 is 15.2 Å². The molecule has 22 heavy (non-hydrogen) atoms. The van der Waals surface area contributed by atoms with E-state index in [4.69, 9.17) is 38.4 Å². The molecule has 2 aromatic carbocycles. The SMILES string of the molecule is COC(=O)c1cc(OCCN)cc(-c2ccc(Cl)c(Cl)c2)c1. The predicted octanol–water partition coefficient (Wildman–Crippen LogP) is 3.78. The Kier molecular flexibility index (Phi) is 5.66. The molecule has 0 fully saturated rings. The van der Waals surface area contributed by atoms with E-state index < -0.39 is 5.97 Å². The zero-order chi connectivity index (χ0) is 16.1. The van der Waals surface area contributed by atoms with Crippen molar-refractivity contribution in [3.05, 3.63) is 52.0 Å². The Morgan fingerprint density at radius 1 is 1.09 bits per heavy atom. The van der Waals surface area contributed by atoms with Crippen molar-refractivity contribution in [2.24, 2.45) is 5.73 Å². The van der Waals surface area contributed by atoms with Gasteiger partial charge >= 0.3 is 5.97 Å². The second kappa shape index (κ2) is 7.49. The van der Waals surface area contributed by atoms with Gasteiger partial charge in [-0.3, -0.25) is 0 Å². The van der Waals surface area contributed by atoms with Crippen LogP contribution in [0, 0.1) is 0 Å².